The molecule has 1 fully saturated rings. The quantitative estimate of drug-likeness (QED) is 0.411. The summed E-state index contributed by atoms with van der Waals surface area (Å²) in [5.41, 5.74) is 1.23. The summed E-state index contributed by atoms with van der Waals surface area (Å²) in [5.74, 6) is 0. The van der Waals surface area contributed by atoms with E-state index in [1.807, 2.05) is 0 Å². The summed E-state index contributed by atoms with van der Waals surface area (Å²) in [6, 6.07) is 0.703. The van der Waals surface area contributed by atoms with Crippen LogP contribution >= 0.6 is 0 Å². The van der Waals surface area contributed by atoms with Gasteiger partial charge >= 0.3 is 21.7 Å². The van der Waals surface area contributed by atoms with E-state index in [0.29, 0.717) is 6.04 Å². The smallest absolute Gasteiger partial charge is 1.00 e. The second-order valence-electron chi connectivity index (χ2n) is 4.76. The fourth-order valence-electron chi connectivity index (χ4n) is 2.24. The van der Waals surface area contributed by atoms with Crippen molar-refractivity contribution in [3.63, 3.8) is 0 Å². The van der Waals surface area contributed by atoms with E-state index in [1.54, 1.807) is 0 Å². The second-order valence-corrected chi connectivity index (χ2v) is 7.30. The van der Waals surface area contributed by atoms with E-state index in [9.17, 15) is 0 Å². The third-order valence-electron chi connectivity index (χ3n) is 3.19. The SMILES string of the molecule is C[Si](C)=C1[C-]=C(NC2CCCCC2)C=C1.[Cl-].[Cl-].[Ti+3]. The van der Waals surface area contributed by atoms with Crippen LogP contribution in [-0.2, 0) is 21.7 Å². The third-order valence-corrected chi connectivity index (χ3v) is 4.56. The first kappa shape index (κ1) is 21.0. The molecule has 99 valence electrons. The van der Waals surface area contributed by atoms with Gasteiger partial charge in [0, 0.05) is 6.04 Å². The molecule has 0 aromatic rings. The first-order valence-electron chi connectivity index (χ1n) is 6.02. The molecule has 0 aromatic heterocycles. The molecular formula is C13H20Cl2NSiTi. The van der Waals surface area contributed by atoms with E-state index in [4.69, 9.17) is 0 Å². The Kier molecular flexibility index (Phi) is 12.2. The van der Waals surface area contributed by atoms with Gasteiger partial charge in [-0.2, -0.15) is 17.3 Å². The van der Waals surface area contributed by atoms with Crippen molar-refractivity contribution < 1.29 is 46.5 Å². The van der Waals surface area contributed by atoms with Crippen LogP contribution in [0.5, 0.6) is 0 Å². The number of allylic oxidation sites excluding steroid dienone is 3. The molecule has 5 heteroatoms. The van der Waals surface area contributed by atoms with E-state index in [1.165, 1.54) is 43.0 Å². The minimum Gasteiger partial charge on any atom is -1.00 e. The van der Waals surface area contributed by atoms with Crippen LogP contribution in [0.25, 0.3) is 0 Å². The zero-order valence-corrected chi connectivity index (χ0v) is 15.1. The summed E-state index contributed by atoms with van der Waals surface area (Å²) in [5, 5.41) is 5.05. The van der Waals surface area contributed by atoms with Crippen LogP contribution in [0, 0.1) is 6.08 Å². The monoisotopic (exact) mass is 336 g/mol. The Hall–Kier alpha value is 0.661. The average Bonchev–Trinajstić information content (AvgIpc) is 2.68. The molecule has 0 bridgehead atoms. The Morgan fingerprint density at radius 1 is 1.11 bits per heavy atom. The Morgan fingerprint density at radius 2 is 1.72 bits per heavy atom. The van der Waals surface area contributed by atoms with E-state index in [0.717, 1.165) is 0 Å². The van der Waals surface area contributed by atoms with Crippen molar-refractivity contribution in [1.29, 1.82) is 0 Å². The van der Waals surface area contributed by atoms with Crippen molar-refractivity contribution in [1.82, 2.24) is 5.32 Å². The Labute approximate surface area is 140 Å². The van der Waals surface area contributed by atoms with Gasteiger partial charge in [-0.15, -0.1) is 0 Å². The minimum atomic E-state index is -0.327. The Morgan fingerprint density at radius 3 is 2.22 bits per heavy atom. The number of hydrogen-bond donors (Lipinski definition) is 1. The van der Waals surface area contributed by atoms with Crippen LogP contribution in [0.2, 0.25) is 13.1 Å². The fraction of sp³-hybridized carbons (Fsp3) is 0.615. The van der Waals surface area contributed by atoms with Gasteiger partial charge in [-0.25, -0.2) is 6.08 Å². The first-order valence-corrected chi connectivity index (χ1v) is 8.52. The predicted octanol–water partition coefficient (Wildman–Crippen LogP) is -3.32. The molecule has 0 unspecified atom stereocenters. The van der Waals surface area contributed by atoms with Gasteiger partial charge in [-0.05, 0) is 21.3 Å². The van der Waals surface area contributed by atoms with Crippen molar-refractivity contribution in [2.75, 3.05) is 0 Å². The van der Waals surface area contributed by atoms with Crippen LogP contribution in [-0.4, -0.2) is 19.6 Å². The van der Waals surface area contributed by atoms with Crippen molar-refractivity contribution in [3.05, 3.63) is 23.9 Å². The van der Waals surface area contributed by atoms with Gasteiger partial charge in [0.05, 0.1) is 0 Å². The summed E-state index contributed by atoms with van der Waals surface area (Å²) in [6.45, 7) is 4.64. The normalized spacial score (nSPS) is 18.1. The maximum atomic E-state index is 3.62. The molecule has 1 radical (unpaired) electrons. The van der Waals surface area contributed by atoms with E-state index in [-0.39, 0.29) is 54.9 Å². The molecule has 1 N–H and O–H groups in total. The van der Waals surface area contributed by atoms with Crippen LogP contribution in [0.4, 0.5) is 0 Å². The molecule has 0 aliphatic heterocycles. The zero-order valence-electron chi connectivity index (χ0n) is 11.0. The molecule has 0 saturated heterocycles. The van der Waals surface area contributed by atoms with Gasteiger partial charge in [0.25, 0.3) is 0 Å². The molecule has 1 saturated carbocycles. The van der Waals surface area contributed by atoms with Crippen molar-refractivity contribution >= 4 is 13.6 Å². The van der Waals surface area contributed by atoms with E-state index in [2.05, 4.69) is 36.6 Å². The van der Waals surface area contributed by atoms with Gasteiger partial charge in [-0.3, -0.25) is 0 Å². The number of nitrogens with one attached hydrogen (secondary N) is 1. The van der Waals surface area contributed by atoms with Gasteiger partial charge < -0.3 is 30.1 Å². The van der Waals surface area contributed by atoms with Crippen LogP contribution < -0.4 is 30.1 Å². The van der Waals surface area contributed by atoms with Gasteiger partial charge in [0.1, 0.15) is 0 Å². The van der Waals surface area contributed by atoms with E-state index < -0.39 is 0 Å². The standard InChI is InChI=1S/C13H20NSi.2ClH.Ti/c1-15(2)13-9-8-12(10-13)14-11-6-4-3-5-7-11;;;/h8-9,11,14H,3-7H2,1-2H3;2*1H;/q-1;;;+3/p-2. The maximum Gasteiger partial charge on any atom is 3.00 e. The van der Waals surface area contributed by atoms with Crippen molar-refractivity contribution in [2.24, 2.45) is 0 Å². The van der Waals surface area contributed by atoms with Gasteiger partial charge in [0.2, 0.25) is 0 Å². The van der Waals surface area contributed by atoms with Crippen LogP contribution in [0.15, 0.2) is 17.8 Å². The third kappa shape index (κ3) is 6.21. The molecule has 0 heterocycles. The molecule has 1 nitrogen and oxygen atoms in total. The number of hydrogen-bond acceptors (Lipinski definition) is 1. The Balaban J connectivity index is 0. The van der Waals surface area contributed by atoms with Crippen molar-refractivity contribution in [2.45, 2.75) is 51.2 Å². The zero-order chi connectivity index (χ0) is 10.7. The molecule has 2 aliphatic rings. The molecule has 0 aromatic carbocycles. The number of rotatable bonds is 2. The summed E-state index contributed by atoms with van der Waals surface area (Å²) < 4.78 is 0. The minimum absolute atomic E-state index is 0. The topological polar surface area (TPSA) is 12.0 Å². The fourth-order valence-corrected chi connectivity index (χ4v) is 3.04. The summed E-state index contributed by atoms with van der Waals surface area (Å²) >= 11 is 0. The van der Waals surface area contributed by atoms with Crippen LogP contribution in [0.3, 0.4) is 0 Å². The second kappa shape index (κ2) is 10.4. The summed E-state index contributed by atoms with van der Waals surface area (Å²) in [7, 11) is -0.327. The molecule has 0 atom stereocenters. The van der Waals surface area contributed by atoms with Gasteiger partial charge in [0.15, 0.2) is 0 Å². The predicted molar refractivity (Wildman–Crippen MR) is 68.4 cm³/mol. The molecule has 2 rings (SSSR count). The summed E-state index contributed by atoms with van der Waals surface area (Å²) in [4.78, 5) is 0. The maximum absolute atomic E-state index is 3.62. The molecule has 18 heavy (non-hydrogen) atoms. The summed E-state index contributed by atoms with van der Waals surface area (Å²) in [6.07, 6.45) is 14.8. The molecule has 2 aliphatic carbocycles. The molecule has 0 spiro atoms. The molecule has 0 amide bonds. The molecular weight excluding hydrogens is 317 g/mol. The largest absolute Gasteiger partial charge is 3.00 e. The Bertz CT molecular complexity index is 330. The average molecular weight is 337 g/mol. The van der Waals surface area contributed by atoms with Gasteiger partial charge in [-0.1, -0.05) is 38.1 Å². The number of halogens is 2. The first-order chi connectivity index (χ1) is 7.25. The van der Waals surface area contributed by atoms with Crippen molar-refractivity contribution in [3.8, 4) is 0 Å². The van der Waals surface area contributed by atoms with E-state index >= 15 is 0 Å². The van der Waals surface area contributed by atoms with Crippen LogP contribution in [0.1, 0.15) is 32.1 Å².